The largest absolute Gasteiger partial charge is 0.508 e. The molecule has 3 N–H and O–H groups in total. The second kappa shape index (κ2) is 8.22. The van der Waals surface area contributed by atoms with Gasteiger partial charge in [0.25, 0.3) is 5.91 Å². The first-order valence-electron chi connectivity index (χ1n) is 11.2. The Hall–Kier alpha value is -3.48. The molecule has 0 saturated heterocycles. The molecule has 0 bridgehead atoms. The number of nitrogens with zero attached hydrogens (tertiary/aromatic N) is 3. The van der Waals surface area contributed by atoms with Gasteiger partial charge < -0.3 is 20.4 Å². The van der Waals surface area contributed by atoms with Gasteiger partial charge in [-0.15, -0.1) is 0 Å². The van der Waals surface area contributed by atoms with Crippen LogP contribution in [0.5, 0.6) is 11.5 Å². The van der Waals surface area contributed by atoms with Crippen molar-refractivity contribution in [1.29, 1.82) is 0 Å². The Labute approximate surface area is 187 Å². The number of anilines is 2. The van der Waals surface area contributed by atoms with E-state index in [1.807, 2.05) is 37.4 Å². The summed E-state index contributed by atoms with van der Waals surface area (Å²) in [5.74, 6) is 0.529. The zero-order chi connectivity index (χ0) is 22.2. The van der Waals surface area contributed by atoms with Crippen LogP contribution in [0.15, 0.2) is 42.5 Å². The minimum absolute atomic E-state index is 0.110. The van der Waals surface area contributed by atoms with Gasteiger partial charge in [-0.2, -0.15) is 5.10 Å². The first-order valence-corrected chi connectivity index (χ1v) is 11.2. The number of amides is 1. The van der Waals surface area contributed by atoms with E-state index in [9.17, 15) is 15.0 Å². The van der Waals surface area contributed by atoms with Gasteiger partial charge in [0, 0.05) is 44.3 Å². The summed E-state index contributed by atoms with van der Waals surface area (Å²) in [5.41, 5.74) is 3.77. The molecule has 1 aliphatic carbocycles. The van der Waals surface area contributed by atoms with Crippen LogP contribution < -0.4 is 5.32 Å². The molecule has 1 aromatic heterocycles. The van der Waals surface area contributed by atoms with Gasteiger partial charge in [-0.3, -0.25) is 9.48 Å². The molecular formula is C25H28N4O3. The van der Waals surface area contributed by atoms with Crippen molar-refractivity contribution >= 4 is 17.4 Å². The number of fused-ring (bicyclic) bond motifs is 1. The van der Waals surface area contributed by atoms with E-state index in [-0.39, 0.29) is 23.0 Å². The molecule has 0 spiro atoms. The molecule has 2 aliphatic rings. The van der Waals surface area contributed by atoms with E-state index in [4.69, 9.17) is 0 Å². The summed E-state index contributed by atoms with van der Waals surface area (Å²) in [5, 5.41) is 28.7. The fourth-order valence-corrected chi connectivity index (χ4v) is 4.91. The Kier molecular flexibility index (Phi) is 5.25. The predicted octanol–water partition coefficient (Wildman–Crippen LogP) is 4.78. The van der Waals surface area contributed by atoms with Crippen molar-refractivity contribution in [2.45, 2.75) is 51.1 Å². The molecule has 0 atom stereocenters. The third kappa shape index (κ3) is 3.79. The number of phenolic OH excluding ortho intramolecular Hbond substituents is 2. The molecule has 0 unspecified atom stereocenters. The van der Waals surface area contributed by atoms with Crippen molar-refractivity contribution < 1.29 is 15.0 Å². The quantitative estimate of drug-likeness (QED) is 0.552. The molecule has 0 radical (unpaired) electrons. The molecule has 2 aromatic carbocycles. The van der Waals surface area contributed by atoms with Gasteiger partial charge in [0.15, 0.2) is 0 Å². The van der Waals surface area contributed by atoms with Gasteiger partial charge in [0.2, 0.25) is 0 Å². The smallest absolute Gasteiger partial charge is 0.260 e. The maximum atomic E-state index is 13.4. The van der Waals surface area contributed by atoms with Gasteiger partial charge >= 0.3 is 0 Å². The van der Waals surface area contributed by atoms with Gasteiger partial charge in [0.05, 0.1) is 11.4 Å². The topological polar surface area (TPSA) is 90.6 Å². The van der Waals surface area contributed by atoms with Gasteiger partial charge in [-0.05, 0) is 24.0 Å². The van der Waals surface area contributed by atoms with Crippen molar-refractivity contribution in [3.05, 3.63) is 64.8 Å². The summed E-state index contributed by atoms with van der Waals surface area (Å²) >= 11 is 0. The SMILES string of the molecule is Cn1nc(C2CCCCC2)cc1Nc1cc(O)cc(O)c1C(=O)N1Cc2ccccc2C1. The lowest BCUT2D eigenvalue weighted by atomic mass is 9.87. The average Bonchev–Trinajstić information content (AvgIpc) is 3.37. The normalized spacial score (nSPS) is 16.2. The highest BCUT2D eigenvalue weighted by atomic mass is 16.3. The van der Waals surface area contributed by atoms with Crippen LogP contribution in [0.25, 0.3) is 0 Å². The minimum Gasteiger partial charge on any atom is -0.508 e. The van der Waals surface area contributed by atoms with Crippen LogP contribution in [-0.4, -0.2) is 30.8 Å². The number of carbonyl (C=O) groups is 1. The summed E-state index contributed by atoms with van der Waals surface area (Å²) in [6, 6.07) is 12.6. The van der Waals surface area contributed by atoms with Crippen molar-refractivity contribution in [1.82, 2.24) is 14.7 Å². The van der Waals surface area contributed by atoms with Crippen molar-refractivity contribution in [2.24, 2.45) is 7.05 Å². The molecule has 166 valence electrons. The standard InChI is InChI=1S/C25H28N4O3/c1-28-23(13-20(27-28)16-7-3-2-4-8-16)26-21-11-19(30)12-22(31)24(21)25(32)29-14-17-9-5-6-10-18(17)15-29/h5-6,9-13,16,26,30-31H,2-4,7-8,14-15H2,1H3. The van der Waals surface area contributed by atoms with E-state index in [0.717, 1.165) is 29.7 Å². The summed E-state index contributed by atoms with van der Waals surface area (Å²) in [6.07, 6.45) is 6.01. The van der Waals surface area contributed by atoms with E-state index in [1.165, 1.54) is 31.4 Å². The number of hydrogen-bond acceptors (Lipinski definition) is 5. The highest BCUT2D eigenvalue weighted by molar-refractivity contribution is 6.03. The second-order valence-electron chi connectivity index (χ2n) is 8.86. The number of hydrogen-bond donors (Lipinski definition) is 3. The number of rotatable bonds is 4. The molecule has 7 nitrogen and oxygen atoms in total. The molecule has 3 aromatic rings. The van der Waals surface area contributed by atoms with Crippen LogP contribution in [0.3, 0.4) is 0 Å². The Bertz CT molecular complexity index is 1140. The molecule has 7 heteroatoms. The highest BCUT2D eigenvalue weighted by Gasteiger charge is 2.29. The second-order valence-corrected chi connectivity index (χ2v) is 8.86. The highest BCUT2D eigenvalue weighted by Crippen LogP contribution is 2.37. The summed E-state index contributed by atoms with van der Waals surface area (Å²) in [7, 11) is 1.86. The average molecular weight is 433 g/mol. The lowest BCUT2D eigenvalue weighted by Gasteiger charge is -2.20. The molecule has 1 amide bonds. The number of carbonyl (C=O) groups excluding carboxylic acids is 1. The zero-order valence-corrected chi connectivity index (χ0v) is 18.2. The fourth-order valence-electron chi connectivity index (χ4n) is 4.91. The Morgan fingerprint density at radius 3 is 2.41 bits per heavy atom. The molecule has 32 heavy (non-hydrogen) atoms. The first-order chi connectivity index (χ1) is 15.5. The van der Waals surface area contributed by atoms with Gasteiger partial charge in [0.1, 0.15) is 22.9 Å². The summed E-state index contributed by atoms with van der Waals surface area (Å²) in [4.78, 5) is 15.1. The maximum Gasteiger partial charge on any atom is 0.260 e. The van der Waals surface area contributed by atoms with Crippen molar-refractivity contribution in [3.63, 3.8) is 0 Å². The lowest BCUT2D eigenvalue weighted by Crippen LogP contribution is -2.26. The van der Waals surface area contributed by atoms with E-state index in [1.54, 1.807) is 9.58 Å². The number of nitrogens with one attached hydrogen (secondary N) is 1. The number of phenols is 2. The minimum atomic E-state index is -0.282. The predicted molar refractivity (Wildman–Crippen MR) is 122 cm³/mol. The van der Waals surface area contributed by atoms with Gasteiger partial charge in [-0.1, -0.05) is 43.5 Å². The van der Waals surface area contributed by atoms with E-state index < -0.39 is 0 Å². The summed E-state index contributed by atoms with van der Waals surface area (Å²) in [6.45, 7) is 0.985. The van der Waals surface area contributed by atoms with Crippen molar-refractivity contribution in [2.75, 3.05) is 5.32 Å². The van der Waals surface area contributed by atoms with Crippen LogP contribution in [0.4, 0.5) is 11.5 Å². The number of aromatic nitrogens is 2. The van der Waals surface area contributed by atoms with Gasteiger partial charge in [-0.25, -0.2) is 0 Å². The van der Waals surface area contributed by atoms with Crippen LogP contribution in [0.1, 0.15) is 65.2 Å². The Morgan fingerprint density at radius 2 is 1.72 bits per heavy atom. The number of benzene rings is 2. The van der Waals surface area contributed by atoms with Crippen LogP contribution >= 0.6 is 0 Å². The third-order valence-electron chi connectivity index (χ3n) is 6.63. The molecule has 1 saturated carbocycles. The fraction of sp³-hybridized carbons (Fsp3) is 0.360. The van der Waals surface area contributed by atoms with E-state index in [2.05, 4.69) is 10.4 Å². The Morgan fingerprint density at radius 1 is 1.03 bits per heavy atom. The van der Waals surface area contributed by atoms with Crippen LogP contribution in [-0.2, 0) is 20.1 Å². The molecule has 1 fully saturated rings. The number of aryl methyl sites for hydroxylation is 1. The monoisotopic (exact) mass is 432 g/mol. The Balaban J connectivity index is 1.44. The van der Waals surface area contributed by atoms with Crippen molar-refractivity contribution in [3.8, 4) is 11.5 Å². The molecular weight excluding hydrogens is 404 g/mol. The maximum absolute atomic E-state index is 13.4. The third-order valence-corrected chi connectivity index (χ3v) is 6.63. The summed E-state index contributed by atoms with van der Waals surface area (Å²) < 4.78 is 1.75. The molecule has 5 rings (SSSR count). The van der Waals surface area contributed by atoms with Crippen LogP contribution in [0, 0.1) is 0 Å². The first kappa shape index (κ1) is 20.4. The lowest BCUT2D eigenvalue weighted by molar-refractivity contribution is 0.0749. The van der Waals surface area contributed by atoms with E-state index >= 15 is 0 Å². The van der Waals surface area contributed by atoms with Crippen LogP contribution in [0.2, 0.25) is 0 Å². The zero-order valence-electron chi connectivity index (χ0n) is 18.2. The molecule has 1 aliphatic heterocycles. The number of aromatic hydroxyl groups is 2. The van der Waals surface area contributed by atoms with E-state index in [0.29, 0.717) is 30.5 Å². The molecule has 2 heterocycles.